The van der Waals surface area contributed by atoms with Gasteiger partial charge in [-0.1, -0.05) is 0 Å². The minimum Gasteiger partial charge on any atom is -0.497 e. The highest BCUT2D eigenvalue weighted by Crippen LogP contribution is 2.21. The predicted molar refractivity (Wildman–Crippen MR) is 73.3 cm³/mol. The van der Waals surface area contributed by atoms with Crippen molar-refractivity contribution in [3.05, 3.63) is 47.5 Å². The van der Waals surface area contributed by atoms with Crippen LogP contribution < -0.4 is 10.1 Å². The largest absolute Gasteiger partial charge is 0.497 e. The van der Waals surface area contributed by atoms with Gasteiger partial charge in [0.15, 0.2) is 4.96 Å². The van der Waals surface area contributed by atoms with Crippen molar-refractivity contribution in [1.29, 1.82) is 0 Å². The van der Waals surface area contributed by atoms with Gasteiger partial charge in [0.1, 0.15) is 11.6 Å². The van der Waals surface area contributed by atoms with Gasteiger partial charge in [0, 0.05) is 23.8 Å². The molecule has 19 heavy (non-hydrogen) atoms. The number of imidazole rings is 1. The number of hydrogen-bond donors (Lipinski definition) is 1. The second kappa shape index (κ2) is 4.89. The van der Waals surface area contributed by atoms with Gasteiger partial charge in [-0.15, -0.1) is 11.3 Å². The minimum atomic E-state index is -0.304. The van der Waals surface area contributed by atoms with E-state index in [-0.39, 0.29) is 5.82 Å². The van der Waals surface area contributed by atoms with Gasteiger partial charge in [-0.05, 0) is 12.1 Å². The maximum atomic E-state index is 13.6. The highest BCUT2D eigenvalue weighted by atomic mass is 32.1. The number of halogens is 1. The quantitative estimate of drug-likeness (QED) is 0.796. The highest BCUT2D eigenvalue weighted by Gasteiger charge is 2.06. The molecule has 3 aromatic rings. The number of anilines is 1. The number of benzene rings is 1. The molecule has 0 aliphatic heterocycles. The SMILES string of the molecule is COc1ccc(F)c(NCc2cn3ccsc3n2)c1. The third-order valence-corrected chi connectivity index (χ3v) is 3.55. The van der Waals surface area contributed by atoms with Crippen molar-refractivity contribution in [2.75, 3.05) is 12.4 Å². The van der Waals surface area contributed by atoms with Gasteiger partial charge >= 0.3 is 0 Å². The molecule has 0 bridgehead atoms. The van der Waals surface area contributed by atoms with Gasteiger partial charge in [0.05, 0.1) is 25.0 Å². The van der Waals surface area contributed by atoms with E-state index in [1.165, 1.54) is 6.07 Å². The molecule has 0 radical (unpaired) electrons. The normalized spacial score (nSPS) is 10.8. The maximum Gasteiger partial charge on any atom is 0.193 e. The fourth-order valence-corrected chi connectivity index (χ4v) is 2.53. The number of methoxy groups -OCH3 is 1. The Morgan fingerprint density at radius 1 is 1.47 bits per heavy atom. The Kier molecular flexibility index (Phi) is 3.08. The predicted octanol–water partition coefficient (Wildman–Crippen LogP) is 3.16. The van der Waals surface area contributed by atoms with Gasteiger partial charge in [-0.25, -0.2) is 9.37 Å². The summed E-state index contributed by atoms with van der Waals surface area (Å²) in [5.41, 5.74) is 1.28. The first-order valence-electron chi connectivity index (χ1n) is 5.75. The number of hydrogen-bond acceptors (Lipinski definition) is 4. The number of thiazole rings is 1. The van der Waals surface area contributed by atoms with Crippen LogP contribution in [0.5, 0.6) is 5.75 Å². The number of fused-ring (bicyclic) bond motifs is 1. The Bertz CT molecular complexity index is 678. The number of nitrogens with zero attached hydrogens (tertiary/aromatic N) is 2. The van der Waals surface area contributed by atoms with Gasteiger partial charge in [0.25, 0.3) is 0 Å². The summed E-state index contributed by atoms with van der Waals surface area (Å²) >= 11 is 1.57. The molecule has 1 aromatic carbocycles. The highest BCUT2D eigenvalue weighted by molar-refractivity contribution is 7.15. The van der Waals surface area contributed by atoms with Crippen molar-refractivity contribution >= 4 is 22.0 Å². The van der Waals surface area contributed by atoms with E-state index in [1.54, 1.807) is 30.6 Å². The second-order valence-electron chi connectivity index (χ2n) is 4.02. The van der Waals surface area contributed by atoms with E-state index in [9.17, 15) is 4.39 Å². The van der Waals surface area contributed by atoms with Crippen LogP contribution in [0.25, 0.3) is 4.96 Å². The molecule has 98 valence electrons. The molecule has 0 saturated carbocycles. The molecule has 2 heterocycles. The van der Waals surface area contributed by atoms with Crippen LogP contribution in [0, 0.1) is 5.82 Å². The summed E-state index contributed by atoms with van der Waals surface area (Å²) in [5, 5.41) is 5.00. The lowest BCUT2D eigenvalue weighted by Crippen LogP contribution is -2.02. The summed E-state index contributed by atoms with van der Waals surface area (Å²) in [7, 11) is 1.56. The van der Waals surface area contributed by atoms with Crippen LogP contribution >= 0.6 is 11.3 Å². The van der Waals surface area contributed by atoms with Gasteiger partial charge in [-0.3, -0.25) is 4.40 Å². The molecule has 2 aromatic heterocycles. The van der Waals surface area contributed by atoms with Crippen molar-refractivity contribution in [1.82, 2.24) is 9.38 Å². The number of ether oxygens (including phenoxy) is 1. The molecule has 0 aliphatic rings. The third-order valence-electron chi connectivity index (χ3n) is 2.78. The summed E-state index contributed by atoms with van der Waals surface area (Å²) in [4.78, 5) is 5.36. The summed E-state index contributed by atoms with van der Waals surface area (Å²) in [6, 6.07) is 4.60. The molecule has 0 atom stereocenters. The molecule has 0 fully saturated rings. The van der Waals surface area contributed by atoms with E-state index < -0.39 is 0 Å². The first-order chi connectivity index (χ1) is 9.26. The molecule has 0 saturated heterocycles. The number of rotatable bonds is 4. The Balaban J connectivity index is 1.76. The van der Waals surface area contributed by atoms with E-state index in [1.807, 2.05) is 22.2 Å². The van der Waals surface area contributed by atoms with Crippen LogP contribution in [0.4, 0.5) is 10.1 Å². The summed E-state index contributed by atoms with van der Waals surface area (Å²) in [6.07, 6.45) is 3.87. The summed E-state index contributed by atoms with van der Waals surface area (Å²) in [6.45, 7) is 0.471. The van der Waals surface area contributed by atoms with Gasteiger partial charge in [-0.2, -0.15) is 0 Å². The van der Waals surface area contributed by atoms with Crippen LogP contribution in [0.15, 0.2) is 36.0 Å². The van der Waals surface area contributed by atoms with Crippen LogP contribution in [-0.4, -0.2) is 16.5 Å². The zero-order valence-corrected chi connectivity index (χ0v) is 11.1. The Hall–Kier alpha value is -2.08. The smallest absolute Gasteiger partial charge is 0.193 e. The third kappa shape index (κ3) is 2.39. The Morgan fingerprint density at radius 3 is 3.16 bits per heavy atom. The van der Waals surface area contributed by atoms with E-state index in [2.05, 4.69) is 10.3 Å². The Morgan fingerprint density at radius 2 is 2.37 bits per heavy atom. The molecule has 0 aliphatic carbocycles. The van der Waals surface area contributed by atoms with Crippen LogP contribution in [0.2, 0.25) is 0 Å². The second-order valence-corrected chi connectivity index (χ2v) is 4.90. The first kappa shape index (κ1) is 12.0. The van der Waals surface area contributed by atoms with Crippen LogP contribution in [0.1, 0.15) is 5.69 Å². The molecule has 6 heteroatoms. The van der Waals surface area contributed by atoms with Crippen molar-refractivity contribution in [3.63, 3.8) is 0 Å². The topological polar surface area (TPSA) is 38.6 Å². The van der Waals surface area contributed by atoms with Crippen molar-refractivity contribution in [2.45, 2.75) is 6.54 Å². The van der Waals surface area contributed by atoms with Gasteiger partial charge in [0.2, 0.25) is 0 Å². The summed E-state index contributed by atoms with van der Waals surface area (Å²) in [5.74, 6) is 0.316. The van der Waals surface area contributed by atoms with Crippen LogP contribution in [0.3, 0.4) is 0 Å². The van der Waals surface area contributed by atoms with Crippen molar-refractivity contribution in [3.8, 4) is 5.75 Å². The molecular formula is C13H12FN3OS. The lowest BCUT2D eigenvalue weighted by molar-refractivity contribution is 0.414. The van der Waals surface area contributed by atoms with E-state index in [0.717, 1.165) is 10.7 Å². The molecule has 4 nitrogen and oxygen atoms in total. The number of nitrogens with one attached hydrogen (secondary N) is 1. The summed E-state index contributed by atoms with van der Waals surface area (Å²) < 4.78 is 20.6. The molecule has 1 N–H and O–H groups in total. The standard InChI is InChI=1S/C13H12FN3OS/c1-18-10-2-3-11(14)12(6-10)15-7-9-8-17-4-5-19-13(17)16-9/h2-6,8,15H,7H2,1H3. The fraction of sp³-hybridized carbons (Fsp3) is 0.154. The fourth-order valence-electron chi connectivity index (χ4n) is 1.81. The molecule has 0 unspecified atom stereocenters. The Labute approximate surface area is 113 Å². The average Bonchev–Trinajstić information content (AvgIpc) is 2.98. The average molecular weight is 277 g/mol. The first-order valence-corrected chi connectivity index (χ1v) is 6.63. The molecular weight excluding hydrogens is 265 g/mol. The lowest BCUT2D eigenvalue weighted by atomic mass is 10.3. The molecule has 3 rings (SSSR count). The van der Waals surface area contributed by atoms with Crippen molar-refractivity contribution in [2.24, 2.45) is 0 Å². The maximum absolute atomic E-state index is 13.6. The monoisotopic (exact) mass is 277 g/mol. The van der Waals surface area contributed by atoms with E-state index in [4.69, 9.17) is 4.74 Å². The number of aromatic nitrogens is 2. The minimum absolute atomic E-state index is 0.304. The van der Waals surface area contributed by atoms with E-state index >= 15 is 0 Å². The van der Waals surface area contributed by atoms with Crippen molar-refractivity contribution < 1.29 is 9.13 Å². The van der Waals surface area contributed by atoms with Gasteiger partial charge < -0.3 is 10.1 Å². The molecule has 0 amide bonds. The molecule has 0 spiro atoms. The van der Waals surface area contributed by atoms with E-state index in [0.29, 0.717) is 18.0 Å². The zero-order chi connectivity index (χ0) is 13.2. The zero-order valence-electron chi connectivity index (χ0n) is 10.3. The van der Waals surface area contributed by atoms with Crippen LogP contribution in [-0.2, 0) is 6.54 Å². The lowest BCUT2D eigenvalue weighted by Gasteiger charge is -2.07.